The van der Waals surface area contributed by atoms with Crippen molar-refractivity contribution < 1.29 is 27.5 Å². The van der Waals surface area contributed by atoms with Gasteiger partial charge >= 0.3 is 6.18 Å². The smallest absolute Gasteiger partial charge is 0.416 e. The molecule has 1 N–H and O–H groups in total. The van der Waals surface area contributed by atoms with Crippen molar-refractivity contribution in [2.24, 2.45) is 0 Å². The molecule has 4 aromatic rings. The SMILES string of the molecule is CC.CCN1C(=O)C(c2cc(-c3cn[nH]c3)c(C)cc2OC)C(=O)N(c2ccccc2)c2cc(C(F)(F)F)ccc21. The fourth-order valence-electron chi connectivity index (χ4n) is 4.98. The number of likely N-dealkylation sites (N-methyl/N-ethyl adjacent to an activating group) is 1. The van der Waals surface area contributed by atoms with E-state index in [1.165, 1.54) is 23.0 Å². The highest BCUT2D eigenvalue weighted by Gasteiger charge is 2.44. The highest BCUT2D eigenvalue weighted by Crippen LogP contribution is 2.46. The van der Waals surface area contributed by atoms with Crippen LogP contribution in [0.3, 0.4) is 0 Å². The molecule has 1 aliphatic rings. The first-order valence-electron chi connectivity index (χ1n) is 13.2. The van der Waals surface area contributed by atoms with Crippen LogP contribution in [0.5, 0.6) is 5.75 Å². The van der Waals surface area contributed by atoms with E-state index in [1.807, 2.05) is 20.8 Å². The fraction of sp³-hybridized carbons (Fsp3) is 0.258. The molecule has 0 radical (unpaired) electrons. The average molecular weight is 565 g/mol. The van der Waals surface area contributed by atoms with Gasteiger partial charge in [-0.1, -0.05) is 32.0 Å². The van der Waals surface area contributed by atoms with Gasteiger partial charge in [0, 0.05) is 29.6 Å². The first-order valence-corrected chi connectivity index (χ1v) is 13.2. The minimum atomic E-state index is -4.65. The van der Waals surface area contributed by atoms with Crippen LogP contribution in [-0.4, -0.2) is 35.7 Å². The summed E-state index contributed by atoms with van der Waals surface area (Å²) in [6.07, 6.45) is -1.33. The number of rotatable bonds is 5. The van der Waals surface area contributed by atoms with Crippen molar-refractivity contribution in [1.29, 1.82) is 0 Å². The number of carbonyl (C=O) groups is 2. The van der Waals surface area contributed by atoms with E-state index in [-0.39, 0.29) is 17.9 Å². The number of nitrogens with one attached hydrogen (secondary N) is 1. The molecule has 2 amide bonds. The number of halogens is 3. The lowest BCUT2D eigenvalue weighted by Crippen LogP contribution is -2.39. The molecule has 10 heteroatoms. The Hall–Kier alpha value is -4.60. The normalized spacial score (nSPS) is 15.2. The van der Waals surface area contributed by atoms with Gasteiger partial charge < -0.3 is 9.64 Å². The number of fused-ring (bicyclic) bond motifs is 1. The summed E-state index contributed by atoms with van der Waals surface area (Å²) in [6.45, 7) is 7.71. The Balaban J connectivity index is 0.00000189. The summed E-state index contributed by atoms with van der Waals surface area (Å²) in [7, 11) is 1.44. The Bertz CT molecular complexity index is 1540. The lowest BCUT2D eigenvalue weighted by atomic mass is 9.90. The number of ether oxygens (including phenoxy) is 1. The van der Waals surface area contributed by atoms with Crippen LogP contribution in [0, 0.1) is 6.92 Å². The Labute approximate surface area is 236 Å². The van der Waals surface area contributed by atoms with Gasteiger partial charge in [0.25, 0.3) is 0 Å². The molecular weight excluding hydrogens is 533 g/mol. The number of para-hydroxylation sites is 1. The van der Waals surface area contributed by atoms with Crippen molar-refractivity contribution in [2.75, 3.05) is 23.5 Å². The topological polar surface area (TPSA) is 78.5 Å². The molecule has 1 aliphatic heterocycles. The summed E-state index contributed by atoms with van der Waals surface area (Å²) in [4.78, 5) is 31.1. The summed E-state index contributed by atoms with van der Waals surface area (Å²) in [5.41, 5.74) is 2.20. The molecule has 0 spiro atoms. The lowest BCUT2D eigenvalue weighted by Gasteiger charge is -2.26. The average Bonchev–Trinajstić information content (AvgIpc) is 3.48. The van der Waals surface area contributed by atoms with Crippen LogP contribution in [0.4, 0.5) is 30.2 Å². The Kier molecular flexibility index (Phi) is 8.51. The van der Waals surface area contributed by atoms with Gasteiger partial charge in [-0.15, -0.1) is 0 Å². The summed E-state index contributed by atoms with van der Waals surface area (Å²) in [6, 6.07) is 14.9. The standard InChI is InChI=1S/C29H25F3N4O3.C2H6/c1-4-35-23-11-10-19(29(30,31)32)13-24(23)36(20-8-6-5-7-9-20)28(38)26(27(35)37)22-14-21(18-15-33-34-16-18)17(2)12-25(22)39-3;1-2/h5-16,26H,4H2,1-3H3,(H,33,34);1-2H3. The molecule has 0 aliphatic carbocycles. The molecule has 1 atom stereocenters. The number of nitrogens with zero attached hydrogens (tertiary/aromatic N) is 3. The molecule has 7 nitrogen and oxygen atoms in total. The molecule has 3 aromatic carbocycles. The zero-order chi connectivity index (χ0) is 29.9. The van der Waals surface area contributed by atoms with Crippen molar-refractivity contribution in [3.05, 3.63) is 89.7 Å². The quantitative estimate of drug-likeness (QED) is 0.259. The second kappa shape index (κ2) is 11.9. The highest BCUT2D eigenvalue weighted by molar-refractivity contribution is 6.23. The number of hydrogen-bond donors (Lipinski definition) is 1. The molecule has 0 fully saturated rings. The third kappa shape index (κ3) is 5.41. The van der Waals surface area contributed by atoms with Gasteiger partial charge in [-0.3, -0.25) is 19.6 Å². The highest BCUT2D eigenvalue weighted by atomic mass is 19.4. The van der Waals surface area contributed by atoms with Crippen molar-refractivity contribution in [2.45, 2.75) is 39.8 Å². The van der Waals surface area contributed by atoms with E-state index in [9.17, 15) is 22.8 Å². The van der Waals surface area contributed by atoms with Crippen molar-refractivity contribution in [3.8, 4) is 16.9 Å². The number of aromatic nitrogens is 2. The predicted molar refractivity (Wildman–Crippen MR) is 152 cm³/mol. The van der Waals surface area contributed by atoms with Crippen LogP contribution in [0.15, 0.2) is 73.1 Å². The number of benzene rings is 3. The van der Waals surface area contributed by atoms with Crippen molar-refractivity contribution in [3.63, 3.8) is 0 Å². The number of aromatic amines is 1. The maximum atomic E-state index is 14.4. The summed E-state index contributed by atoms with van der Waals surface area (Å²) >= 11 is 0. The molecule has 2 heterocycles. The van der Waals surface area contributed by atoms with Crippen LogP contribution in [-0.2, 0) is 15.8 Å². The predicted octanol–water partition coefficient (Wildman–Crippen LogP) is 7.25. The number of hydrogen-bond acceptors (Lipinski definition) is 4. The first kappa shape index (κ1) is 29.4. The van der Waals surface area contributed by atoms with Crippen LogP contribution in [0.2, 0.25) is 0 Å². The largest absolute Gasteiger partial charge is 0.496 e. The lowest BCUT2D eigenvalue weighted by molar-refractivity contribution is -0.137. The van der Waals surface area contributed by atoms with E-state index in [0.29, 0.717) is 17.0 Å². The van der Waals surface area contributed by atoms with Crippen LogP contribution < -0.4 is 14.5 Å². The molecule has 5 rings (SSSR count). The second-order valence-electron chi connectivity index (χ2n) is 9.12. The third-order valence-corrected chi connectivity index (χ3v) is 6.84. The van der Waals surface area contributed by atoms with Crippen LogP contribution in [0.25, 0.3) is 11.1 Å². The van der Waals surface area contributed by atoms with Crippen molar-refractivity contribution in [1.82, 2.24) is 10.2 Å². The summed E-state index contributed by atoms with van der Waals surface area (Å²) < 4.78 is 47.0. The maximum Gasteiger partial charge on any atom is 0.416 e. The van der Waals surface area contributed by atoms with Crippen LogP contribution in [0.1, 0.15) is 43.4 Å². The van der Waals surface area contributed by atoms with E-state index in [0.717, 1.165) is 28.8 Å². The Morgan fingerprint density at radius 1 is 0.976 bits per heavy atom. The van der Waals surface area contributed by atoms with Gasteiger partial charge in [-0.25, -0.2) is 0 Å². The number of aryl methyl sites for hydroxylation is 1. The number of anilines is 3. The number of alkyl halides is 3. The molecule has 0 bridgehead atoms. The molecule has 0 saturated carbocycles. The third-order valence-electron chi connectivity index (χ3n) is 6.84. The molecule has 0 saturated heterocycles. The van der Waals surface area contributed by atoms with Gasteiger partial charge in [-0.05, 0) is 67.4 Å². The molecule has 214 valence electrons. The van der Waals surface area contributed by atoms with E-state index in [4.69, 9.17) is 4.74 Å². The molecule has 41 heavy (non-hydrogen) atoms. The van der Waals surface area contributed by atoms with Gasteiger partial charge in [0.2, 0.25) is 11.8 Å². The number of methoxy groups -OCH3 is 1. The van der Waals surface area contributed by atoms with Crippen molar-refractivity contribution >= 4 is 28.9 Å². The van der Waals surface area contributed by atoms with Crippen LogP contribution >= 0.6 is 0 Å². The zero-order valence-corrected chi connectivity index (χ0v) is 23.4. The fourth-order valence-corrected chi connectivity index (χ4v) is 4.98. The zero-order valence-electron chi connectivity index (χ0n) is 23.4. The second-order valence-corrected chi connectivity index (χ2v) is 9.12. The van der Waals surface area contributed by atoms with Gasteiger partial charge in [-0.2, -0.15) is 18.3 Å². The molecule has 1 unspecified atom stereocenters. The minimum Gasteiger partial charge on any atom is -0.496 e. The number of H-pyrrole nitrogens is 1. The maximum absolute atomic E-state index is 14.4. The first-order chi connectivity index (χ1) is 19.7. The number of amides is 2. The summed E-state index contributed by atoms with van der Waals surface area (Å²) in [5.74, 6) is -2.34. The Morgan fingerprint density at radius 2 is 1.68 bits per heavy atom. The van der Waals surface area contributed by atoms with E-state index in [2.05, 4.69) is 10.2 Å². The van der Waals surface area contributed by atoms with Gasteiger partial charge in [0.05, 0.1) is 30.2 Å². The monoisotopic (exact) mass is 564 g/mol. The van der Waals surface area contributed by atoms with E-state index < -0.39 is 29.5 Å². The number of carbonyl (C=O) groups excluding carboxylic acids is 2. The van der Waals surface area contributed by atoms with Gasteiger partial charge in [0.15, 0.2) is 0 Å². The van der Waals surface area contributed by atoms with E-state index in [1.54, 1.807) is 61.8 Å². The Morgan fingerprint density at radius 3 is 2.27 bits per heavy atom. The minimum absolute atomic E-state index is 0.0279. The van der Waals surface area contributed by atoms with E-state index >= 15 is 0 Å². The summed E-state index contributed by atoms with van der Waals surface area (Å²) in [5, 5.41) is 6.76. The van der Waals surface area contributed by atoms with Gasteiger partial charge in [0.1, 0.15) is 11.7 Å². The molecular formula is C31H31F3N4O3. The molecule has 1 aromatic heterocycles.